The Morgan fingerprint density at radius 3 is 2.27 bits per heavy atom. The minimum absolute atomic E-state index is 0.0439. The van der Waals surface area contributed by atoms with Gasteiger partial charge in [-0.2, -0.15) is 0 Å². The van der Waals surface area contributed by atoms with Crippen LogP contribution in [0.3, 0.4) is 0 Å². The van der Waals surface area contributed by atoms with E-state index >= 15 is 0 Å². The summed E-state index contributed by atoms with van der Waals surface area (Å²) in [6.07, 6.45) is 10.4. The maximum Gasteiger partial charge on any atom is 0.414 e. The molecule has 1 N–H and O–H groups in total. The third-order valence-corrected chi connectivity index (χ3v) is 6.30. The second kappa shape index (κ2) is 14.0. The van der Waals surface area contributed by atoms with Gasteiger partial charge in [-0.05, 0) is 59.1 Å². The molecule has 1 aliphatic heterocycles. The SMILES string of the molecule is CCO[C@@H](C=C/C=C/c1cc(N(CC)C(=O)OC(C)(C)C)cc2c1C(=O)OC(C)(C)O2)[C@@H](C)/C=C\[C@@H](C)[C@H](C)O. The summed E-state index contributed by atoms with van der Waals surface area (Å²) >= 11 is 0. The highest BCUT2D eigenvalue weighted by Crippen LogP contribution is 2.38. The van der Waals surface area contributed by atoms with Gasteiger partial charge < -0.3 is 24.1 Å². The number of aliphatic hydroxyl groups excluding tert-OH is 1. The van der Waals surface area contributed by atoms with Crippen LogP contribution in [0, 0.1) is 11.8 Å². The minimum Gasteiger partial charge on any atom is -0.452 e. The van der Waals surface area contributed by atoms with Crippen LogP contribution in [-0.2, 0) is 14.2 Å². The number of hydrogen-bond acceptors (Lipinski definition) is 7. The summed E-state index contributed by atoms with van der Waals surface area (Å²) in [4.78, 5) is 27.4. The van der Waals surface area contributed by atoms with Crippen LogP contribution in [0.5, 0.6) is 5.75 Å². The number of cyclic esters (lactones) is 1. The third-order valence-electron chi connectivity index (χ3n) is 6.30. The molecule has 0 radical (unpaired) electrons. The van der Waals surface area contributed by atoms with E-state index in [2.05, 4.69) is 13.0 Å². The highest BCUT2D eigenvalue weighted by Gasteiger charge is 2.36. The van der Waals surface area contributed by atoms with E-state index < -0.39 is 29.6 Å². The molecule has 2 rings (SSSR count). The molecule has 40 heavy (non-hydrogen) atoms. The number of hydrogen-bond donors (Lipinski definition) is 1. The Hall–Kier alpha value is -3.10. The van der Waals surface area contributed by atoms with Gasteiger partial charge in [0.1, 0.15) is 16.9 Å². The van der Waals surface area contributed by atoms with Crippen molar-refractivity contribution in [3.63, 3.8) is 0 Å². The highest BCUT2D eigenvalue weighted by molar-refractivity contribution is 6.00. The molecule has 4 atom stereocenters. The van der Waals surface area contributed by atoms with Gasteiger partial charge >= 0.3 is 12.1 Å². The van der Waals surface area contributed by atoms with Gasteiger partial charge in [-0.15, -0.1) is 0 Å². The van der Waals surface area contributed by atoms with Gasteiger partial charge in [-0.3, -0.25) is 4.90 Å². The summed E-state index contributed by atoms with van der Waals surface area (Å²) in [5, 5.41) is 9.76. The number of carbonyl (C=O) groups is 2. The van der Waals surface area contributed by atoms with Crippen molar-refractivity contribution in [1.29, 1.82) is 0 Å². The number of anilines is 1. The maximum absolute atomic E-state index is 13.0. The van der Waals surface area contributed by atoms with Crippen LogP contribution >= 0.6 is 0 Å². The van der Waals surface area contributed by atoms with E-state index in [4.69, 9.17) is 18.9 Å². The molecule has 0 aliphatic carbocycles. The predicted octanol–water partition coefficient (Wildman–Crippen LogP) is 6.92. The smallest absolute Gasteiger partial charge is 0.414 e. The average molecular weight is 558 g/mol. The number of carbonyl (C=O) groups excluding carboxylic acids is 2. The van der Waals surface area contributed by atoms with E-state index in [0.717, 1.165) is 0 Å². The molecule has 1 aromatic carbocycles. The van der Waals surface area contributed by atoms with Crippen molar-refractivity contribution < 1.29 is 33.6 Å². The molecule has 1 heterocycles. The Labute approximate surface area is 239 Å². The van der Waals surface area contributed by atoms with Crippen LogP contribution in [0.25, 0.3) is 6.08 Å². The average Bonchev–Trinajstić information content (AvgIpc) is 2.82. The highest BCUT2D eigenvalue weighted by atomic mass is 16.7. The van der Waals surface area contributed by atoms with Crippen LogP contribution in [0.1, 0.15) is 85.2 Å². The first kappa shape index (κ1) is 33.1. The van der Waals surface area contributed by atoms with Crippen molar-refractivity contribution in [3.8, 4) is 5.75 Å². The largest absolute Gasteiger partial charge is 0.452 e. The number of fused-ring (bicyclic) bond motifs is 1. The molecule has 0 fully saturated rings. The monoisotopic (exact) mass is 557 g/mol. The molecule has 1 aromatic rings. The summed E-state index contributed by atoms with van der Waals surface area (Å²) < 4.78 is 23.0. The summed E-state index contributed by atoms with van der Waals surface area (Å²) in [6.45, 7) is 19.3. The molecular weight excluding hydrogens is 510 g/mol. The maximum atomic E-state index is 13.0. The van der Waals surface area contributed by atoms with E-state index in [0.29, 0.717) is 30.2 Å². The molecule has 8 nitrogen and oxygen atoms in total. The fraction of sp³-hybridized carbons (Fsp3) is 0.562. The van der Waals surface area contributed by atoms with Gasteiger partial charge in [0.2, 0.25) is 5.79 Å². The second-order valence-electron chi connectivity index (χ2n) is 11.5. The number of rotatable bonds is 11. The number of benzene rings is 1. The molecule has 0 spiro atoms. The second-order valence-corrected chi connectivity index (χ2v) is 11.5. The van der Waals surface area contributed by atoms with Crippen LogP contribution in [0.15, 0.2) is 42.5 Å². The molecule has 8 heteroatoms. The van der Waals surface area contributed by atoms with Crippen molar-refractivity contribution in [3.05, 3.63) is 53.6 Å². The van der Waals surface area contributed by atoms with Gasteiger partial charge in [0.05, 0.1) is 17.9 Å². The molecule has 0 saturated heterocycles. The molecule has 1 amide bonds. The molecule has 1 aliphatic rings. The predicted molar refractivity (Wildman–Crippen MR) is 159 cm³/mol. The molecule has 0 unspecified atom stereocenters. The number of esters is 1. The van der Waals surface area contributed by atoms with Gasteiger partial charge in [0.15, 0.2) is 0 Å². The van der Waals surface area contributed by atoms with Gasteiger partial charge in [0.25, 0.3) is 0 Å². The first-order valence-electron chi connectivity index (χ1n) is 14.0. The van der Waals surface area contributed by atoms with E-state index in [1.807, 2.05) is 65.8 Å². The Bertz CT molecular complexity index is 1110. The van der Waals surface area contributed by atoms with Gasteiger partial charge in [-0.1, -0.05) is 50.3 Å². The zero-order valence-electron chi connectivity index (χ0n) is 25.7. The minimum atomic E-state index is -1.15. The number of ether oxygens (including phenoxy) is 4. The Balaban J connectivity index is 2.43. The van der Waals surface area contributed by atoms with Gasteiger partial charge in [-0.25, -0.2) is 9.59 Å². The van der Waals surface area contributed by atoms with E-state index in [9.17, 15) is 14.7 Å². The quantitative estimate of drug-likeness (QED) is 0.179. The lowest BCUT2D eigenvalue weighted by molar-refractivity contribution is -0.127. The first-order valence-corrected chi connectivity index (χ1v) is 14.0. The number of aliphatic hydroxyl groups is 1. The van der Waals surface area contributed by atoms with Crippen LogP contribution in [0.2, 0.25) is 0 Å². The number of amides is 1. The van der Waals surface area contributed by atoms with E-state index in [1.165, 1.54) is 4.90 Å². The lowest BCUT2D eigenvalue weighted by Crippen LogP contribution is -2.40. The Morgan fingerprint density at radius 2 is 1.70 bits per heavy atom. The Morgan fingerprint density at radius 1 is 1.05 bits per heavy atom. The summed E-state index contributed by atoms with van der Waals surface area (Å²) in [7, 11) is 0. The van der Waals surface area contributed by atoms with E-state index in [1.54, 1.807) is 39.0 Å². The standard InChI is InChI=1S/C32H47NO7/c1-11-33(30(36)40-31(6,7)8)25-19-24(28-27(20-25)38-32(9,10)39-29(28)35)15-13-14-16-26(37-12-2)22(4)18-17-21(3)23(5)34/h13-23,26,34H,11-12H2,1-10H3/b15-13+,16-14?,18-17-/t21-,22+,23+,26+/m1/s1. The van der Waals surface area contributed by atoms with Crippen molar-refractivity contribution in [1.82, 2.24) is 0 Å². The molecule has 0 aromatic heterocycles. The topological polar surface area (TPSA) is 94.5 Å². The lowest BCUT2D eigenvalue weighted by atomic mass is 9.98. The van der Waals surface area contributed by atoms with Crippen molar-refractivity contribution in [2.45, 2.75) is 92.8 Å². The number of nitrogens with zero attached hydrogens (tertiary/aromatic N) is 1. The van der Waals surface area contributed by atoms with Gasteiger partial charge in [0, 0.05) is 39.0 Å². The fourth-order valence-electron chi connectivity index (χ4n) is 4.03. The fourth-order valence-corrected chi connectivity index (χ4v) is 4.03. The van der Waals surface area contributed by atoms with Crippen molar-refractivity contribution in [2.75, 3.05) is 18.1 Å². The third kappa shape index (κ3) is 9.52. The molecule has 0 bridgehead atoms. The lowest BCUT2D eigenvalue weighted by Gasteiger charge is -2.33. The zero-order chi connectivity index (χ0) is 30.3. The molecule has 222 valence electrons. The van der Waals surface area contributed by atoms with Crippen molar-refractivity contribution >= 4 is 23.8 Å². The summed E-state index contributed by atoms with van der Waals surface area (Å²) in [5.41, 5.74) is 0.721. The zero-order valence-corrected chi connectivity index (χ0v) is 25.7. The first-order chi connectivity index (χ1) is 18.6. The molecular formula is C32H47NO7. The number of allylic oxidation sites excluding steroid dienone is 2. The van der Waals surface area contributed by atoms with Crippen LogP contribution < -0.4 is 9.64 Å². The van der Waals surface area contributed by atoms with Crippen molar-refractivity contribution in [2.24, 2.45) is 11.8 Å². The van der Waals surface area contributed by atoms with Crippen LogP contribution in [0.4, 0.5) is 10.5 Å². The summed E-state index contributed by atoms with van der Waals surface area (Å²) in [6, 6.07) is 3.42. The summed E-state index contributed by atoms with van der Waals surface area (Å²) in [5.74, 6) is -1.18. The molecule has 0 saturated carbocycles. The van der Waals surface area contributed by atoms with Crippen LogP contribution in [-0.4, -0.2) is 53.9 Å². The van der Waals surface area contributed by atoms with E-state index in [-0.39, 0.29) is 23.5 Å². The normalized spacial score (nSPS) is 18.2. The Kier molecular flexibility index (Phi) is 11.6.